The summed E-state index contributed by atoms with van der Waals surface area (Å²) in [4.78, 5) is 28.0. The van der Waals surface area contributed by atoms with Crippen LogP contribution in [0.4, 0.5) is 14.9 Å². The van der Waals surface area contributed by atoms with E-state index in [0.717, 1.165) is 10.5 Å². The van der Waals surface area contributed by atoms with Crippen LogP contribution in [0, 0.1) is 12.7 Å². The maximum absolute atomic E-state index is 13.0. The van der Waals surface area contributed by atoms with E-state index in [-0.39, 0.29) is 30.1 Å². The van der Waals surface area contributed by atoms with E-state index in [0.29, 0.717) is 11.3 Å². The largest absolute Gasteiger partial charge is 0.419 e. The Morgan fingerprint density at radius 2 is 1.71 bits per heavy atom. The van der Waals surface area contributed by atoms with Crippen molar-refractivity contribution in [1.82, 2.24) is 15.1 Å². The van der Waals surface area contributed by atoms with Crippen molar-refractivity contribution in [2.24, 2.45) is 0 Å². The molecule has 7 nitrogen and oxygen atoms in total. The normalized spacial score (nSPS) is 16.9. The molecule has 0 unspecified atom stereocenters. The van der Waals surface area contributed by atoms with Crippen LogP contribution in [0.3, 0.4) is 0 Å². The number of halogens is 1. The minimum Gasteiger partial charge on any atom is -0.419 e. The van der Waals surface area contributed by atoms with E-state index in [9.17, 15) is 14.0 Å². The van der Waals surface area contributed by atoms with Gasteiger partial charge in [-0.25, -0.2) is 9.18 Å². The number of hydrogen-bond donors (Lipinski definition) is 0. The molecule has 0 radical (unpaired) electrons. The van der Waals surface area contributed by atoms with Gasteiger partial charge in [0, 0.05) is 11.3 Å². The molecule has 3 amide bonds. The van der Waals surface area contributed by atoms with E-state index in [1.165, 1.54) is 29.2 Å². The van der Waals surface area contributed by atoms with Crippen LogP contribution in [0.2, 0.25) is 0 Å². The third kappa shape index (κ3) is 3.13. The van der Waals surface area contributed by atoms with Crippen LogP contribution in [0.5, 0.6) is 0 Å². The van der Waals surface area contributed by atoms with Crippen LogP contribution < -0.4 is 4.90 Å². The third-order valence-electron chi connectivity index (χ3n) is 4.61. The second-order valence-corrected chi connectivity index (χ2v) is 6.60. The summed E-state index contributed by atoms with van der Waals surface area (Å²) >= 11 is 0. The fourth-order valence-corrected chi connectivity index (χ4v) is 3.07. The number of benzene rings is 2. The molecule has 1 aromatic heterocycles. The van der Waals surface area contributed by atoms with E-state index in [2.05, 4.69) is 10.2 Å². The predicted molar refractivity (Wildman–Crippen MR) is 98.8 cm³/mol. The molecule has 1 saturated heterocycles. The van der Waals surface area contributed by atoms with Crippen LogP contribution in [-0.4, -0.2) is 33.1 Å². The zero-order valence-electron chi connectivity index (χ0n) is 15.3. The number of amides is 3. The van der Waals surface area contributed by atoms with Gasteiger partial charge >= 0.3 is 6.03 Å². The Kier molecular flexibility index (Phi) is 4.38. The standard InChI is InChI=1S/C20H17FN4O3/c1-12-3-9-16(10-4-12)25-13(2)19(26)24(20(25)27)11-17-22-23-18(28-17)14-5-7-15(21)8-6-14/h3-10,13H,11H2,1-2H3/t13-/m0/s1. The topological polar surface area (TPSA) is 79.5 Å². The van der Waals surface area contributed by atoms with Gasteiger partial charge in [0.25, 0.3) is 5.91 Å². The number of urea groups is 1. The molecule has 1 fully saturated rings. The molecule has 8 heteroatoms. The Bertz CT molecular complexity index is 1030. The first kappa shape index (κ1) is 17.8. The van der Waals surface area contributed by atoms with E-state index >= 15 is 0 Å². The summed E-state index contributed by atoms with van der Waals surface area (Å²) in [5.74, 6) is -0.398. The molecule has 1 aliphatic rings. The number of hydrogen-bond acceptors (Lipinski definition) is 5. The summed E-state index contributed by atoms with van der Waals surface area (Å²) < 4.78 is 18.6. The lowest BCUT2D eigenvalue weighted by molar-refractivity contribution is -0.127. The van der Waals surface area contributed by atoms with Gasteiger partial charge in [-0.3, -0.25) is 14.6 Å². The fraction of sp³-hybridized carbons (Fsp3) is 0.200. The molecule has 4 rings (SSSR count). The van der Waals surface area contributed by atoms with Gasteiger partial charge in [-0.15, -0.1) is 10.2 Å². The quantitative estimate of drug-likeness (QED) is 0.647. The van der Waals surface area contributed by atoms with Gasteiger partial charge < -0.3 is 4.42 Å². The monoisotopic (exact) mass is 380 g/mol. The van der Waals surface area contributed by atoms with Crippen molar-refractivity contribution in [2.75, 3.05) is 4.90 Å². The van der Waals surface area contributed by atoms with Crippen LogP contribution >= 0.6 is 0 Å². The SMILES string of the molecule is Cc1ccc(N2C(=O)N(Cc3nnc(-c4ccc(F)cc4)o3)C(=O)[C@@H]2C)cc1. The van der Waals surface area contributed by atoms with Crippen molar-refractivity contribution < 1.29 is 18.4 Å². The van der Waals surface area contributed by atoms with Gasteiger partial charge in [-0.1, -0.05) is 17.7 Å². The van der Waals surface area contributed by atoms with Crippen LogP contribution in [0.1, 0.15) is 18.4 Å². The van der Waals surface area contributed by atoms with Crippen molar-refractivity contribution in [3.05, 3.63) is 65.8 Å². The van der Waals surface area contributed by atoms with Gasteiger partial charge in [0.2, 0.25) is 11.8 Å². The Hall–Kier alpha value is -3.55. The predicted octanol–water partition coefficient (Wildman–Crippen LogP) is 3.54. The summed E-state index contributed by atoms with van der Waals surface area (Å²) in [5.41, 5.74) is 2.26. The molecule has 2 heterocycles. The zero-order valence-corrected chi connectivity index (χ0v) is 15.3. The van der Waals surface area contributed by atoms with Gasteiger partial charge in [-0.05, 0) is 50.2 Å². The highest BCUT2D eigenvalue weighted by Gasteiger charge is 2.43. The number of aromatic nitrogens is 2. The highest BCUT2D eigenvalue weighted by atomic mass is 19.1. The third-order valence-corrected chi connectivity index (χ3v) is 4.61. The second kappa shape index (κ2) is 6.88. The number of aryl methyl sites for hydroxylation is 1. The lowest BCUT2D eigenvalue weighted by Crippen LogP contribution is -2.33. The molecular formula is C20H17FN4O3. The van der Waals surface area contributed by atoms with E-state index < -0.39 is 12.1 Å². The molecule has 142 valence electrons. The smallest absolute Gasteiger partial charge is 0.332 e. The Morgan fingerprint density at radius 1 is 1.04 bits per heavy atom. The molecule has 2 aromatic carbocycles. The van der Waals surface area contributed by atoms with Crippen molar-refractivity contribution >= 4 is 17.6 Å². The number of carbonyl (C=O) groups excluding carboxylic acids is 2. The molecule has 1 atom stereocenters. The average molecular weight is 380 g/mol. The maximum atomic E-state index is 13.0. The summed E-state index contributed by atoms with van der Waals surface area (Å²) in [5, 5.41) is 7.82. The van der Waals surface area contributed by atoms with Crippen LogP contribution in [0.25, 0.3) is 11.5 Å². The van der Waals surface area contributed by atoms with E-state index in [1.807, 2.05) is 19.1 Å². The molecule has 0 saturated carbocycles. The molecule has 0 aliphatic carbocycles. The highest BCUT2D eigenvalue weighted by Crippen LogP contribution is 2.27. The highest BCUT2D eigenvalue weighted by molar-refractivity contribution is 6.13. The van der Waals surface area contributed by atoms with E-state index in [4.69, 9.17) is 4.42 Å². The van der Waals surface area contributed by atoms with Gasteiger partial charge in [-0.2, -0.15) is 0 Å². The lowest BCUT2D eigenvalue weighted by atomic mass is 10.2. The summed E-state index contributed by atoms with van der Waals surface area (Å²) in [6.45, 7) is 3.50. The van der Waals surface area contributed by atoms with Crippen molar-refractivity contribution in [2.45, 2.75) is 26.4 Å². The number of nitrogens with zero attached hydrogens (tertiary/aromatic N) is 4. The first-order chi connectivity index (χ1) is 13.4. The number of carbonyl (C=O) groups is 2. The maximum Gasteiger partial charge on any atom is 0.332 e. The van der Waals surface area contributed by atoms with Gasteiger partial charge in [0.15, 0.2) is 0 Å². The van der Waals surface area contributed by atoms with Gasteiger partial charge in [0.1, 0.15) is 18.4 Å². The minimum absolute atomic E-state index is 0.124. The fourth-order valence-electron chi connectivity index (χ4n) is 3.07. The summed E-state index contributed by atoms with van der Waals surface area (Å²) in [7, 11) is 0. The lowest BCUT2D eigenvalue weighted by Gasteiger charge is -2.19. The van der Waals surface area contributed by atoms with Crippen molar-refractivity contribution in [1.29, 1.82) is 0 Å². The average Bonchev–Trinajstić information content (AvgIpc) is 3.23. The second-order valence-electron chi connectivity index (χ2n) is 6.60. The first-order valence-electron chi connectivity index (χ1n) is 8.73. The number of imide groups is 1. The molecule has 1 aliphatic heterocycles. The molecular weight excluding hydrogens is 363 g/mol. The molecule has 0 N–H and O–H groups in total. The Labute approximate surface area is 160 Å². The van der Waals surface area contributed by atoms with Gasteiger partial charge in [0.05, 0.1) is 0 Å². The number of rotatable bonds is 4. The van der Waals surface area contributed by atoms with Crippen LogP contribution in [-0.2, 0) is 11.3 Å². The Morgan fingerprint density at radius 3 is 2.39 bits per heavy atom. The first-order valence-corrected chi connectivity index (χ1v) is 8.73. The van der Waals surface area contributed by atoms with Crippen molar-refractivity contribution in [3.8, 4) is 11.5 Å². The molecule has 28 heavy (non-hydrogen) atoms. The summed E-state index contributed by atoms with van der Waals surface area (Å²) in [6.07, 6.45) is 0. The zero-order chi connectivity index (χ0) is 19.8. The Balaban J connectivity index is 1.55. The van der Waals surface area contributed by atoms with Crippen molar-refractivity contribution in [3.63, 3.8) is 0 Å². The molecule has 0 bridgehead atoms. The molecule has 3 aromatic rings. The number of anilines is 1. The molecule has 0 spiro atoms. The minimum atomic E-state index is -0.630. The van der Waals surface area contributed by atoms with E-state index in [1.54, 1.807) is 19.1 Å². The van der Waals surface area contributed by atoms with Crippen LogP contribution in [0.15, 0.2) is 52.9 Å². The summed E-state index contributed by atoms with van der Waals surface area (Å²) in [6, 6.07) is 11.9.